The van der Waals surface area contributed by atoms with Crippen molar-refractivity contribution in [3.05, 3.63) is 29.6 Å². The van der Waals surface area contributed by atoms with Gasteiger partial charge < -0.3 is 5.32 Å². The van der Waals surface area contributed by atoms with Crippen LogP contribution >= 0.6 is 11.8 Å². The van der Waals surface area contributed by atoms with Crippen LogP contribution in [0.2, 0.25) is 0 Å². The van der Waals surface area contributed by atoms with Crippen LogP contribution in [0.25, 0.3) is 0 Å². The number of hydrogen-bond acceptors (Lipinski definition) is 2. The van der Waals surface area contributed by atoms with Crippen molar-refractivity contribution < 1.29 is 4.39 Å². The van der Waals surface area contributed by atoms with Crippen molar-refractivity contribution in [3.63, 3.8) is 0 Å². The minimum atomic E-state index is -0.140. The molecule has 82 valence electrons. The van der Waals surface area contributed by atoms with Crippen molar-refractivity contribution in [2.45, 2.75) is 31.6 Å². The van der Waals surface area contributed by atoms with Gasteiger partial charge in [0.25, 0.3) is 0 Å². The fourth-order valence-corrected chi connectivity index (χ4v) is 3.06. The van der Waals surface area contributed by atoms with E-state index in [4.69, 9.17) is 0 Å². The molecule has 2 rings (SSSR count). The summed E-state index contributed by atoms with van der Waals surface area (Å²) in [7, 11) is 0. The van der Waals surface area contributed by atoms with E-state index in [1.807, 2.05) is 30.8 Å². The molecule has 1 aliphatic heterocycles. The van der Waals surface area contributed by atoms with E-state index in [0.717, 1.165) is 12.0 Å². The molecule has 2 unspecified atom stereocenters. The van der Waals surface area contributed by atoms with Crippen LogP contribution in [0.3, 0.4) is 0 Å². The summed E-state index contributed by atoms with van der Waals surface area (Å²) in [6, 6.07) is 5.76. The summed E-state index contributed by atoms with van der Waals surface area (Å²) in [6.07, 6.45) is 1.12. The maximum absolute atomic E-state index is 13.6. The topological polar surface area (TPSA) is 12.0 Å². The second kappa shape index (κ2) is 4.44. The van der Waals surface area contributed by atoms with Crippen LogP contribution in [-0.2, 0) is 0 Å². The number of aryl methyl sites for hydroxylation is 1. The summed E-state index contributed by atoms with van der Waals surface area (Å²) in [6.45, 7) is 4.10. The number of halogens is 1. The third-order valence-corrected chi connectivity index (χ3v) is 4.17. The van der Waals surface area contributed by atoms with Crippen LogP contribution in [0.1, 0.15) is 18.9 Å². The van der Waals surface area contributed by atoms with E-state index < -0.39 is 0 Å². The third-order valence-electron chi connectivity index (χ3n) is 2.84. The molecular weight excluding hydrogens is 209 g/mol. The zero-order chi connectivity index (χ0) is 10.8. The number of nitrogens with one attached hydrogen (secondary N) is 1. The van der Waals surface area contributed by atoms with Crippen LogP contribution in [0.5, 0.6) is 0 Å². The zero-order valence-corrected chi connectivity index (χ0v) is 9.90. The van der Waals surface area contributed by atoms with E-state index in [9.17, 15) is 4.39 Å². The molecule has 0 spiro atoms. The van der Waals surface area contributed by atoms with Crippen molar-refractivity contribution in [2.24, 2.45) is 0 Å². The number of benzene rings is 1. The lowest BCUT2D eigenvalue weighted by Gasteiger charge is -2.18. The van der Waals surface area contributed by atoms with E-state index in [-0.39, 0.29) is 5.82 Å². The predicted octanol–water partition coefficient (Wildman–Crippen LogP) is 3.44. The van der Waals surface area contributed by atoms with E-state index >= 15 is 0 Å². The Bertz CT molecular complexity index is 353. The molecule has 1 aromatic rings. The fraction of sp³-hybridized carbons (Fsp3) is 0.500. The van der Waals surface area contributed by atoms with Gasteiger partial charge in [0.15, 0.2) is 0 Å². The first-order valence-corrected chi connectivity index (χ1v) is 6.36. The van der Waals surface area contributed by atoms with Gasteiger partial charge in [-0.15, -0.1) is 0 Å². The fourth-order valence-electron chi connectivity index (χ4n) is 1.86. The normalized spacial score (nSPS) is 25.5. The minimum absolute atomic E-state index is 0.140. The second-order valence-corrected chi connectivity index (χ2v) is 5.58. The monoisotopic (exact) mass is 225 g/mol. The SMILES string of the molecule is Cc1ccc(NC2CCSC2C)c(F)c1. The summed E-state index contributed by atoms with van der Waals surface area (Å²) in [5.74, 6) is 1.03. The standard InChI is InChI=1S/C12H16FNS/c1-8-3-4-12(10(13)7-8)14-11-5-6-15-9(11)2/h3-4,7,9,11,14H,5-6H2,1-2H3. The highest BCUT2D eigenvalue weighted by Gasteiger charge is 2.24. The summed E-state index contributed by atoms with van der Waals surface area (Å²) in [4.78, 5) is 0. The van der Waals surface area contributed by atoms with Gasteiger partial charge in [-0.05, 0) is 36.8 Å². The molecule has 1 aliphatic rings. The largest absolute Gasteiger partial charge is 0.379 e. The Morgan fingerprint density at radius 3 is 2.87 bits per heavy atom. The Balaban J connectivity index is 2.10. The Morgan fingerprint density at radius 2 is 2.27 bits per heavy atom. The quantitative estimate of drug-likeness (QED) is 0.827. The molecule has 1 nitrogen and oxygen atoms in total. The molecule has 1 N–H and O–H groups in total. The summed E-state index contributed by atoms with van der Waals surface area (Å²) < 4.78 is 13.6. The third kappa shape index (κ3) is 2.46. The van der Waals surface area contributed by atoms with Gasteiger partial charge >= 0.3 is 0 Å². The average molecular weight is 225 g/mol. The molecule has 0 amide bonds. The van der Waals surface area contributed by atoms with Gasteiger partial charge in [0, 0.05) is 11.3 Å². The number of hydrogen-bond donors (Lipinski definition) is 1. The van der Waals surface area contributed by atoms with Gasteiger partial charge in [-0.25, -0.2) is 4.39 Å². The first-order chi connectivity index (χ1) is 7.16. The highest BCUT2D eigenvalue weighted by atomic mass is 32.2. The number of rotatable bonds is 2. The average Bonchev–Trinajstić information content (AvgIpc) is 2.57. The van der Waals surface area contributed by atoms with Crippen molar-refractivity contribution in [1.29, 1.82) is 0 Å². The maximum Gasteiger partial charge on any atom is 0.146 e. The molecule has 0 aliphatic carbocycles. The van der Waals surface area contributed by atoms with E-state index in [2.05, 4.69) is 12.2 Å². The summed E-state index contributed by atoms with van der Waals surface area (Å²) >= 11 is 1.95. The first-order valence-electron chi connectivity index (χ1n) is 5.31. The second-order valence-electron chi connectivity index (χ2n) is 4.10. The van der Waals surface area contributed by atoms with Gasteiger partial charge in [0.1, 0.15) is 5.82 Å². The van der Waals surface area contributed by atoms with Gasteiger partial charge in [-0.3, -0.25) is 0 Å². The van der Waals surface area contributed by atoms with Crippen LogP contribution in [0.4, 0.5) is 10.1 Å². The van der Waals surface area contributed by atoms with Gasteiger partial charge in [0.2, 0.25) is 0 Å². The molecule has 0 radical (unpaired) electrons. The summed E-state index contributed by atoms with van der Waals surface area (Å²) in [5.41, 5.74) is 1.60. The molecule has 1 heterocycles. The van der Waals surface area contributed by atoms with E-state index in [1.165, 1.54) is 5.75 Å². The van der Waals surface area contributed by atoms with E-state index in [0.29, 0.717) is 17.0 Å². The van der Waals surface area contributed by atoms with Crippen LogP contribution in [-0.4, -0.2) is 17.0 Å². The Labute approximate surface area is 94.5 Å². The Hall–Kier alpha value is -0.700. The van der Waals surface area contributed by atoms with Crippen molar-refractivity contribution in [2.75, 3.05) is 11.1 Å². The van der Waals surface area contributed by atoms with Crippen molar-refractivity contribution >= 4 is 17.4 Å². The number of thioether (sulfide) groups is 1. The summed E-state index contributed by atoms with van der Waals surface area (Å²) in [5, 5.41) is 3.87. The molecule has 0 aromatic heterocycles. The highest BCUT2D eigenvalue weighted by Crippen LogP contribution is 2.29. The molecule has 1 fully saturated rings. The van der Waals surface area contributed by atoms with Crippen LogP contribution in [0, 0.1) is 12.7 Å². The van der Waals surface area contributed by atoms with Crippen LogP contribution < -0.4 is 5.32 Å². The Kier molecular flexibility index (Phi) is 3.19. The molecule has 0 bridgehead atoms. The predicted molar refractivity (Wildman–Crippen MR) is 65.1 cm³/mol. The molecule has 1 saturated heterocycles. The van der Waals surface area contributed by atoms with Gasteiger partial charge in [-0.1, -0.05) is 13.0 Å². The first kappa shape index (κ1) is 10.8. The molecule has 3 heteroatoms. The smallest absolute Gasteiger partial charge is 0.146 e. The van der Waals surface area contributed by atoms with Crippen molar-refractivity contribution in [3.8, 4) is 0 Å². The molecule has 15 heavy (non-hydrogen) atoms. The van der Waals surface area contributed by atoms with E-state index in [1.54, 1.807) is 6.07 Å². The highest BCUT2D eigenvalue weighted by molar-refractivity contribution is 8.00. The van der Waals surface area contributed by atoms with Crippen molar-refractivity contribution in [1.82, 2.24) is 0 Å². The zero-order valence-electron chi connectivity index (χ0n) is 9.09. The lowest BCUT2D eigenvalue weighted by atomic mass is 10.1. The molecule has 0 saturated carbocycles. The van der Waals surface area contributed by atoms with Crippen LogP contribution in [0.15, 0.2) is 18.2 Å². The van der Waals surface area contributed by atoms with Gasteiger partial charge in [0.05, 0.1) is 5.69 Å². The molecule has 2 atom stereocenters. The lowest BCUT2D eigenvalue weighted by molar-refractivity contribution is 0.621. The van der Waals surface area contributed by atoms with Gasteiger partial charge in [-0.2, -0.15) is 11.8 Å². The minimum Gasteiger partial charge on any atom is -0.379 e. The molecular formula is C12H16FNS. The number of anilines is 1. The lowest BCUT2D eigenvalue weighted by Crippen LogP contribution is -2.25. The molecule has 1 aromatic carbocycles. The maximum atomic E-state index is 13.6. The Morgan fingerprint density at radius 1 is 1.47 bits per heavy atom.